The third-order valence-corrected chi connectivity index (χ3v) is 6.05. The standard InChI is InChI=1S/C21H31N3O3/c1-26-19-10-15-7-9-24(12-16(15)11-20(19)27-2)18-4-3-8-23(13-18)14-21(25)22-17-5-6-17/h10-11,17-18H,3-9,12-14H2,1-2H3,(H,22,25)/t18-/m1/s1. The summed E-state index contributed by atoms with van der Waals surface area (Å²) in [5.41, 5.74) is 2.70. The molecule has 0 aromatic heterocycles. The summed E-state index contributed by atoms with van der Waals surface area (Å²) in [6, 6.07) is 5.22. The Bertz CT molecular complexity index is 689. The van der Waals surface area contributed by atoms with Crippen LogP contribution >= 0.6 is 0 Å². The van der Waals surface area contributed by atoms with Crippen molar-refractivity contribution in [1.82, 2.24) is 15.1 Å². The number of benzene rings is 1. The topological polar surface area (TPSA) is 54.0 Å². The van der Waals surface area contributed by atoms with Gasteiger partial charge in [0.05, 0.1) is 20.8 Å². The molecule has 6 nitrogen and oxygen atoms in total. The van der Waals surface area contributed by atoms with Crippen LogP contribution in [0.1, 0.15) is 36.8 Å². The van der Waals surface area contributed by atoms with E-state index < -0.39 is 0 Å². The lowest BCUT2D eigenvalue weighted by Gasteiger charge is -2.41. The number of likely N-dealkylation sites (tertiary alicyclic amines) is 1. The molecule has 2 fully saturated rings. The summed E-state index contributed by atoms with van der Waals surface area (Å²) in [7, 11) is 3.38. The van der Waals surface area contributed by atoms with Crippen molar-refractivity contribution in [2.45, 2.75) is 50.7 Å². The molecule has 4 rings (SSSR count). The first-order valence-electron chi connectivity index (χ1n) is 10.2. The normalized spacial score (nSPS) is 23.6. The first kappa shape index (κ1) is 18.6. The molecule has 6 heteroatoms. The average Bonchev–Trinajstić information content (AvgIpc) is 3.50. The highest BCUT2D eigenvalue weighted by atomic mass is 16.5. The second-order valence-corrected chi connectivity index (χ2v) is 8.07. The molecule has 1 saturated heterocycles. The molecule has 1 aromatic carbocycles. The van der Waals surface area contributed by atoms with Gasteiger partial charge in [0.25, 0.3) is 0 Å². The molecule has 3 aliphatic rings. The van der Waals surface area contributed by atoms with Gasteiger partial charge in [-0.3, -0.25) is 14.6 Å². The fourth-order valence-corrected chi connectivity index (χ4v) is 4.39. The molecule has 148 valence electrons. The molecule has 1 aromatic rings. The van der Waals surface area contributed by atoms with E-state index in [0.717, 1.165) is 63.4 Å². The molecule has 0 radical (unpaired) electrons. The number of nitrogens with zero attached hydrogens (tertiary/aromatic N) is 2. The molecule has 0 bridgehead atoms. The highest BCUT2D eigenvalue weighted by Gasteiger charge is 2.30. The first-order chi connectivity index (χ1) is 13.2. The summed E-state index contributed by atoms with van der Waals surface area (Å²) in [5, 5.41) is 3.11. The number of hydrogen-bond donors (Lipinski definition) is 1. The zero-order chi connectivity index (χ0) is 18.8. The number of ether oxygens (including phenoxy) is 2. The summed E-state index contributed by atoms with van der Waals surface area (Å²) in [6.45, 7) is 4.57. The van der Waals surface area contributed by atoms with Crippen LogP contribution in [0.4, 0.5) is 0 Å². The lowest BCUT2D eigenvalue weighted by molar-refractivity contribution is -0.122. The smallest absolute Gasteiger partial charge is 0.234 e. The maximum atomic E-state index is 12.1. The van der Waals surface area contributed by atoms with E-state index in [9.17, 15) is 4.79 Å². The maximum Gasteiger partial charge on any atom is 0.234 e. The van der Waals surface area contributed by atoms with Crippen LogP contribution in [0, 0.1) is 0 Å². The number of piperidine rings is 1. The van der Waals surface area contributed by atoms with Gasteiger partial charge in [0.15, 0.2) is 11.5 Å². The fraction of sp³-hybridized carbons (Fsp3) is 0.667. The van der Waals surface area contributed by atoms with E-state index in [4.69, 9.17) is 9.47 Å². The summed E-state index contributed by atoms with van der Waals surface area (Å²) < 4.78 is 10.9. The molecule has 1 aliphatic carbocycles. The Kier molecular flexibility index (Phi) is 5.55. The van der Waals surface area contributed by atoms with Gasteiger partial charge < -0.3 is 14.8 Å². The van der Waals surface area contributed by atoms with E-state index in [1.165, 1.54) is 17.5 Å². The molecular weight excluding hydrogens is 342 g/mol. The predicted octanol–water partition coefficient (Wildman–Crippen LogP) is 1.80. The zero-order valence-corrected chi connectivity index (χ0v) is 16.5. The second kappa shape index (κ2) is 8.07. The van der Waals surface area contributed by atoms with Gasteiger partial charge in [-0.05, 0) is 61.9 Å². The SMILES string of the molecule is COc1cc2c(cc1OC)CN([C@@H]1CCCN(CC(=O)NC3CC3)C1)CC2. The third kappa shape index (κ3) is 4.38. The summed E-state index contributed by atoms with van der Waals surface area (Å²) >= 11 is 0. The number of amides is 1. The molecule has 1 amide bonds. The molecule has 1 atom stereocenters. The number of methoxy groups -OCH3 is 2. The number of carbonyl (C=O) groups is 1. The van der Waals surface area contributed by atoms with Gasteiger partial charge in [-0.25, -0.2) is 0 Å². The molecule has 0 spiro atoms. The molecule has 2 heterocycles. The van der Waals surface area contributed by atoms with E-state index in [0.29, 0.717) is 18.6 Å². The monoisotopic (exact) mass is 373 g/mol. The van der Waals surface area contributed by atoms with Crippen molar-refractivity contribution in [3.8, 4) is 11.5 Å². The van der Waals surface area contributed by atoms with Gasteiger partial charge in [0.2, 0.25) is 5.91 Å². The largest absolute Gasteiger partial charge is 0.493 e. The van der Waals surface area contributed by atoms with Crippen LogP contribution < -0.4 is 14.8 Å². The van der Waals surface area contributed by atoms with Gasteiger partial charge in [-0.2, -0.15) is 0 Å². The van der Waals surface area contributed by atoms with Crippen molar-refractivity contribution in [3.05, 3.63) is 23.3 Å². The molecule has 2 aliphatic heterocycles. The van der Waals surface area contributed by atoms with Gasteiger partial charge in [-0.15, -0.1) is 0 Å². The third-order valence-electron chi connectivity index (χ3n) is 6.05. The van der Waals surface area contributed by atoms with E-state index >= 15 is 0 Å². The average molecular weight is 373 g/mol. The van der Waals surface area contributed by atoms with Crippen molar-refractivity contribution in [3.63, 3.8) is 0 Å². The highest BCUT2D eigenvalue weighted by molar-refractivity contribution is 5.78. The number of hydrogen-bond acceptors (Lipinski definition) is 5. The first-order valence-corrected chi connectivity index (χ1v) is 10.2. The van der Waals surface area contributed by atoms with Crippen LogP contribution in [-0.4, -0.2) is 68.2 Å². The van der Waals surface area contributed by atoms with Gasteiger partial charge in [0.1, 0.15) is 0 Å². The van der Waals surface area contributed by atoms with Crippen molar-refractivity contribution in [2.24, 2.45) is 0 Å². The van der Waals surface area contributed by atoms with Crippen molar-refractivity contribution >= 4 is 5.91 Å². The Morgan fingerprint density at radius 2 is 1.85 bits per heavy atom. The lowest BCUT2D eigenvalue weighted by atomic mass is 9.95. The van der Waals surface area contributed by atoms with Crippen LogP contribution in [0.15, 0.2) is 12.1 Å². The van der Waals surface area contributed by atoms with Crippen LogP contribution in [0.3, 0.4) is 0 Å². The van der Waals surface area contributed by atoms with Gasteiger partial charge >= 0.3 is 0 Å². The molecule has 0 unspecified atom stereocenters. The maximum absolute atomic E-state index is 12.1. The quantitative estimate of drug-likeness (QED) is 0.824. The summed E-state index contributed by atoms with van der Waals surface area (Å²) in [6.07, 6.45) is 5.71. The minimum absolute atomic E-state index is 0.193. The minimum atomic E-state index is 0.193. The fourth-order valence-electron chi connectivity index (χ4n) is 4.39. The molecule has 1 N–H and O–H groups in total. The number of carbonyl (C=O) groups excluding carboxylic acids is 1. The summed E-state index contributed by atoms with van der Waals surface area (Å²) in [4.78, 5) is 17.1. The lowest BCUT2D eigenvalue weighted by Crippen LogP contribution is -2.51. The number of fused-ring (bicyclic) bond motifs is 1. The Hall–Kier alpha value is -1.79. The highest BCUT2D eigenvalue weighted by Crippen LogP contribution is 2.34. The Labute approximate surface area is 161 Å². The van der Waals surface area contributed by atoms with Crippen molar-refractivity contribution < 1.29 is 14.3 Å². The Balaban J connectivity index is 1.38. The van der Waals surface area contributed by atoms with Crippen LogP contribution in [0.5, 0.6) is 11.5 Å². The van der Waals surface area contributed by atoms with Crippen LogP contribution in [0.25, 0.3) is 0 Å². The van der Waals surface area contributed by atoms with Crippen LogP contribution in [-0.2, 0) is 17.8 Å². The van der Waals surface area contributed by atoms with E-state index in [1.54, 1.807) is 14.2 Å². The number of rotatable bonds is 6. The Morgan fingerprint density at radius 3 is 2.56 bits per heavy atom. The van der Waals surface area contributed by atoms with Gasteiger partial charge in [-0.1, -0.05) is 0 Å². The van der Waals surface area contributed by atoms with E-state index in [2.05, 4.69) is 27.2 Å². The van der Waals surface area contributed by atoms with E-state index in [-0.39, 0.29) is 5.91 Å². The number of nitrogens with one attached hydrogen (secondary N) is 1. The second-order valence-electron chi connectivity index (χ2n) is 8.07. The summed E-state index contributed by atoms with van der Waals surface area (Å²) in [5.74, 6) is 1.81. The zero-order valence-electron chi connectivity index (χ0n) is 16.5. The molecule has 1 saturated carbocycles. The molecular formula is C21H31N3O3. The van der Waals surface area contributed by atoms with E-state index in [1.807, 2.05) is 0 Å². The molecule has 27 heavy (non-hydrogen) atoms. The van der Waals surface area contributed by atoms with Crippen molar-refractivity contribution in [2.75, 3.05) is 40.4 Å². The predicted molar refractivity (Wildman–Crippen MR) is 104 cm³/mol. The van der Waals surface area contributed by atoms with Gasteiger partial charge in [0, 0.05) is 31.7 Å². The minimum Gasteiger partial charge on any atom is -0.493 e. The van der Waals surface area contributed by atoms with Crippen molar-refractivity contribution in [1.29, 1.82) is 0 Å². The Morgan fingerprint density at radius 1 is 1.11 bits per heavy atom. The van der Waals surface area contributed by atoms with Crippen LogP contribution in [0.2, 0.25) is 0 Å².